The third kappa shape index (κ3) is 4.54. The molecular weight excluding hydrogens is 256 g/mol. The molecule has 0 aliphatic heterocycles. The minimum absolute atomic E-state index is 0.336. The molecule has 1 rings (SSSR count). The lowest BCUT2D eigenvalue weighted by molar-refractivity contribution is 0.100. The maximum absolute atomic E-state index is 5.77. The zero-order valence-corrected chi connectivity index (χ0v) is 12.4. The van der Waals surface area contributed by atoms with Gasteiger partial charge in [-0.15, -0.1) is 22.9 Å². The van der Waals surface area contributed by atoms with E-state index >= 15 is 0 Å². The molecule has 1 heterocycles. The van der Waals surface area contributed by atoms with Gasteiger partial charge in [-0.1, -0.05) is 6.92 Å². The van der Waals surface area contributed by atoms with Crippen LogP contribution in [0.25, 0.3) is 0 Å². The van der Waals surface area contributed by atoms with Crippen molar-refractivity contribution in [2.24, 2.45) is 0 Å². The van der Waals surface area contributed by atoms with Crippen LogP contribution in [-0.2, 0) is 10.6 Å². The van der Waals surface area contributed by atoms with Crippen LogP contribution in [0.5, 0.6) is 0 Å². The quantitative estimate of drug-likeness (QED) is 0.538. The van der Waals surface area contributed by atoms with Gasteiger partial charge in [-0.25, -0.2) is 4.98 Å². The molecule has 0 radical (unpaired) electrons. The summed E-state index contributed by atoms with van der Waals surface area (Å²) in [5.41, 5.74) is 0.972. The van der Waals surface area contributed by atoms with E-state index in [0.717, 1.165) is 37.0 Å². The number of ether oxygens (including phenoxy) is 1. The van der Waals surface area contributed by atoms with Gasteiger partial charge in [-0.2, -0.15) is 0 Å². The summed E-state index contributed by atoms with van der Waals surface area (Å²) in [4.78, 5) is 6.90. The summed E-state index contributed by atoms with van der Waals surface area (Å²) in [6.45, 7) is 9.88. The average Bonchev–Trinajstić information content (AvgIpc) is 2.82. The Balaban J connectivity index is 2.55. The van der Waals surface area contributed by atoms with Crippen LogP contribution in [0.15, 0.2) is 5.38 Å². The molecule has 1 atom stereocenters. The van der Waals surface area contributed by atoms with Gasteiger partial charge in [0, 0.05) is 18.5 Å². The van der Waals surface area contributed by atoms with Crippen LogP contribution in [0.1, 0.15) is 37.5 Å². The highest BCUT2D eigenvalue weighted by molar-refractivity contribution is 7.09. The van der Waals surface area contributed by atoms with E-state index in [1.165, 1.54) is 0 Å². The van der Waals surface area contributed by atoms with Crippen molar-refractivity contribution in [1.29, 1.82) is 0 Å². The van der Waals surface area contributed by atoms with Crippen molar-refractivity contribution in [2.45, 2.75) is 32.7 Å². The van der Waals surface area contributed by atoms with Gasteiger partial charge < -0.3 is 4.74 Å². The minimum Gasteiger partial charge on any atom is -0.380 e. The summed E-state index contributed by atoms with van der Waals surface area (Å²) < 4.78 is 5.40. The summed E-state index contributed by atoms with van der Waals surface area (Å²) in [5.74, 6) is 0.494. The lowest BCUT2D eigenvalue weighted by Gasteiger charge is -2.26. The molecule has 1 unspecified atom stereocenters. The fourth-order valence-electron chi connectivity index (χ4n) is 1.68. The standard InChI is InChI=1S/C12H21ClN2OS/c1-4-15(6-7-16-5-2)10(3)12-14-11(8-13)9-17-12/h9-10H,4-8H2,1-3H3. The number of aromatic nitrogens is 1. The van der Waals surface area contributed by atoms with E-state index in [-0.39, 0.29) is 0 Å². The van der Waals surface area contributed by atoms with Gasteiger partial charge in [0.1, 0.15) is 5.01 Å². The molecule has 1 aromatic rings. The molecular formula is C12H21ClN2OS. The normalized spacial score (nSPS) is 13.2. The molecule has 0 saturated heterocycles. The zero-order valence-electron chi connectivity index (χ0n) is 10.8. The predicted octanol–water partition coefficient (Wildman–Crippen LogP) is 3.30. The minimum atomic E-state index is 0.336. The van der Waals surface area contributed by atoms with E-state index in [4.69, 9.17) is 16.3 Å². The van der Waals surface area contributed by atoms with Crippen molar-refractivity contribution in [3.8, 4) is 0 Å². The van der Waals surface area contributed by atoms with E-state index in [0.29, 0.717) is 11.9 Å². The number of rotatable bonds is 8. The number of nitrogens with zero attached hydrogens (tertiary/aromatic N) is 2. The third-order valence-corrected chi connectivity index (χ3v) is 4.08. The van der Waals surface area contributed by atoms with Gasteiger partial charge in [0.05, 0.1) is 24.2 Å². The number of hydrogen-bond acceptors (Lipinski definition) is 4. The topological polar surface area (TPSA) is 25.4 Å². The molecule has 0 amide bonds. The first-order chi connectivity index (χ1) is 8.22. The first kappa shape index (κ1) is 14.9. The Hall–Kier alpha value is -0.160. The summed E-state index contributed by atoms with van der Waals surface area (Å²) in [7, 11) is 0. The lowest BCUT2D eigenvalue weighted by Crippen LogP contribution is -2.30. The molecule has 0 saturated carbocycles. The second-order valence-corrected chi connectivity index (χ2v) is 4.97. The monoisotopic (exact) mass is 276 g/mol. The Labute approximate surface area is 113 Å². The van der Waals surface area contributed by atoms with Crippen molar-refractivity contribution in [2.75, 3.05) is 26.3 Å². The maximum Gasteiger partial charge on any atom is 0.110 e. The van der Waals surface area contributed by atoms with Crippen LogP contribution in [0.4, 0.5) is 0 Å². The molecule has 5 heteroatoms. The highest BCUT2D eigenvalue weighted by atomic mass is 35.5. The molecule has 1 aromatic heterocycles. The molecule has 0 fully saturated rings. The SMILES string of the molecule is CCOCCN(CC)C(C)c1nc(CCl)cs1. The number of halogens is 1. The van der Waals surface area contributed by atoms with E-state index in [1.54, 1.807) is 11.3 Å². The first-order valence-corrected chi connectivity index (χ1v) is 7.46. The van der Waals surface area contributed by atoms with Gasteiger partial charge in [0.25, 0.3) is 0 Å². The van der Waals surface area contributed by atoms with Crippen LogP contribution in [-0.4, -0.2) is 36.2 Å². The van der Waals surface area contributed by atoms with E-state index in [9.17, 15) is 0 Å². The van der Waals surface area contributed by atoms with Crippen molar-refractivity contribution in [3.63, 3.8) is 0 Å². The second kappa shape index (κ2) is 8.03. The zero-order chi connectivity index (χ0) is 12.7. The van der Waals surface area contributed by atoms with Gasteiger partial charge in [0.2, 0.25) is 0 Å². The maximum atomic E-state index is 5.77. The molecule has 0 aliphatic carbocycles. The second-order valence-electron chi connectivity index (χ2n) is 3.81. The number of thiazole rings is 1. The van der Waals surface area contributed by atoms with Crippen molar-refractivity contribution in [3.05, 3.63) is 16.1 Å². The lowest BCUT2D eigenvalue weighted by atomic mass is 10.3. The van der Waals surface area contributed by atoms with Crippen molar-refractivity contribution >= 4 is 22.9 Å². The summed E-state index contributed by atoms with van der Waals surface area (Å²) in [6, 6.07) is 0.336. The Bertz CT molecular complexity index is 319. The average molecular weight is 277 g/mol. The molecule has 0 N–H and O–H groups in total. The first-order valence-electron chi connectivity index (χ1n) is 6.04. The van der Waals surface area contributed by atoms with Gasteiger partial charge in [-0.05, 0) is 20.4 Å². The van der Waals surface area contributed by atoms with Crippen LogP contribution in [0, 0.1) is 0 Å². The van der Waals surface area contributed by atoms with Gasteiger partial charge >= 0.3 is 0 Å². The smallest absolute Gasteiger partial charge is 0.110 e. The van der Waals surface area contributed by atoms with Crippen LogP contribution in [0.2, 0.25) is 0 Å². The third-order valence-electron chi connectivity index (χ3n) is 2.74. The van der Waals surface area contributed by atoms with Crippen LogP contribution < -0.4 is 0 Å². The fourth-order valence-corrected chi connectivity index (χ4v) is 2.82. The van der Waals surface area contributed by atoms with Gasteiger partial charge in [0.15, 0.2) is 0 Å². The van der Waals surface area contributed by atoms with Gasteiger partial charge in [-0.3, -0.25) is 4.90 Å². The number of likely N-dealkylation sites (N-methyl/N-ethyl adjacent to an activating group) is 1. The highest BCUT2D eigenvalue weighted by Gasteiger charge is 2.17. The molecule has 0 bridgehead atoms. The van der Waals surface area contributed by atoms with Crippen molar-refractivity contribution in [1.82, 2.24) is 9.88 Å². The number of hydrogen-bond donors (Lipinski definition) is 0. The predicted molar refractivity (Wildman–Crippen MR) is 73.8 cm³/mol. The Morgan fingerprint density at radius 1 is 1.53 bits per heavy atom. The Kier molecular flexibility index (Phi) is 7.04. The molecule has 0 spiro atoms. The Morgan fingerprint density at radius 3 is 2.82 bits per heavy atom. The largest absolute Gasteiger partial charge is 0.380 e. The summed E-state index contributed by atoms with van der Waals surface area (Å²) in [6.07, 6.45) is 0. The molecule has 17 heavy (non-hydrogen) atoms. The van der Waals surface area contributed by atoms with Crippen molar-refractivity contribution < 1.29 is 4.74 Å². The van der Waals surface area contributed by atoms with Crippen LogP contribution in [0.3, 0.4) is 0 Å². The fraction of sp³-hybridized carbons (Fsp3) is 0.750. The molecule has 0 aliphatic rings. The summed E-state index contributed by atoms with van der Waals surface area (Å²) >= 11 is 7.46. The molecule has 3 nitrogen and oxygen atoms in total. The van der Waals surface area contributed by atoms with E-state index in [2.05, 4.69) is 23.7 Å². The Morgan fingerprint density at radius 2 is 2.29 bits per heavy atom. The van der Waals surface area contributed by atoms with Crippen LogP contribution >= 0.6 is 22.9 Å². The molecule has 98 valence electrons. The highest BCUT2D eigenvalue weighted by Crippen LogP contribution is 2.23. The van der Waals surface area contributed by atoms with E-state index < -0.39 is 0 Å². The molecule has 0 aromatic carbocycles. The van der Waals surface area contributed by atoms with E-state index in [1.807, 2.05) is 12.3 Å². The number of alkyl halides is 1. The summed E-state index contributed by atoms with van der Waals surface area (Å²) in [5, 5.41) is 3.17.